The first-order valence-corrected chi connectivity index (χ1v) is 11.4. The van der Waals surface area contributed by atoms with Crippen LogP contribution in [0.25, 0.3) is 11.4 Å². The summed E-state index contributed by atoms with van der Waals surface area (Å²) in [6.45, 7) is 0.507. The second-order valence-corrected chi connectivity index (χ2v) is 10.4. The lowest BCUT2D eigenvalue weighted by molar-refractivity contribution is 0.602. The number of nitrogens with zero attached hydrogens (tertiary/aromatic N) is 4. The fraction of sp³-hybridized carbons (Fsp3) is 0.222. The Labute approximate surface area is 183 Å². The van der Waals surface area contributed by atoms with E-state index in [2.05, 4.69) is 25.3 Å². The number of anilines is 1. The first-order valence-electron chi connectivity index (χ1n) is 8.40. The van der Waals surface area contributed by atoms with E-state index in [1.807, 2.05) is 18.2 Å². The number of alkyl halides is 3. The molecule has 0 aliphatic carbocycles. The van der Waals surface area contributed by atoms with Crippen molar-refractivity contribution in [3.8, 4) is 11.4 Å². The van der Waals surface area contributed by atoms with E-state index in [0.717, 1.165) is 11.9 Å². The van der Waals surface area contributed by atoms with Gasteiger partial charge in [-0.15, -0.1) is 0 Å². The Balaban J connectivity index is 1.87. The van der Waals surface area contributed by atoms with E-state index in [4.69, 9.17) is 34.8 Å². The van der Waals surface area contributed by atoms with Gasteiger partial charge < -0.3 is 5.32 Å². The van der Waals surface area contributed by atoms with Crippen LogP contribution in [0.4, 0.5) is 5.95 Å². The molecule has 1 N–H and O–H groups in total. The van der Waals surface area contributed by atoms with Crippen LogP contribution in [0, 0.1) is 0 Å². The van der Waals surface area contributed by atoms with E-state index in [1.54, 1.807) is 18.3 Å². The van der Waals surface area contributed by atoms with Gasteiger partial charge in [0.15, 0.2) is 21.5 Å². The van der Waals surface area contributed by atoms with Gasteiger partial charge in [0.25, 0.3) is 0 Å². The molecule has 0 fully saturated rings. The van der Waals surface area contributed by atoms with Gasteiger partial charge in [-0.3, -0.25) is 4.98 Å². The summed E-state index contributed by atoms with van der Waals surface area (Å²) >= 11 is 17.9. The maximum absolute atomic E-state index is 11.6. The van der Waals surface area contributed by atoms with Crippen LogP contribution in [0.3, 0.4) is 0 Å². The molecule has 0 saturated carbocycles. The second kappa shape index (κ2) is 8.79. The van der Waals surface area contributed by atoms with E-state index in [9.17, 15) is 8.42 Å². The number of aromatic nitrogens is 4. The molecule has 0 aliphatic heterocycles. The molecule has 0 bridgehead atoms. The summed E-state index contributed by atoms with van der Waals surface area (Å²) in [6, 6.07) is 11.8. The maximum Gasteiger partial charge on any atom is 0.250 e. The van der Waals surface area contributed by atoms with Crippen molar-refractivity contribution in [1.82, 2.24) is 19.9 Å². The van der Waals surface area contributed by atoms with E-state index < -0.39 is 13.6 Å². The van der Waals surface area contributed by atoms with Gasteiger partial charge in [0.05, 0.1) is 4.90 Å². The van der Waals surface area contributed by atoms with Crippen LogP contribution in [0.5, 0.6) is 0 Å². The molecule has 152 valence electrons. The number of halogens is 3. The maximum atomic E-state index is 11.6. The third-order valence-corrected chi connectivity index (χ3v) is 5.46. The Bertz CT molecular complexity index is 1090. The van der Waals surface area contributed by atoms with Crippen LogP contribution in [0.1, 0.15) is 11.5 Å². The summed E-state index contributed by atoms with van der Waals surface area (Å²) in [5, 5.41) is 3.08. The van der Waals surface area contributed by atoms with Crippen molar-refractivity contribution in [2.24, 2.45) is 0 Å². The smallest absolute Gasteiger partial charge is 0.250 e. The molecule has 29 heavy (non-hydrogen) atoms. The van der Waals surface area contributed by atoms with Gasteiger partial charge in [-0.05, 0) is 36.4 Å². The van der Waals surface area contributed by atoms with Crippen LogP contribution in [0.15, 0.2) is 53.6 Å². The van der Waals surface area contributed by atoms with Gasteiger partial charge >= 0.3 is 0 Å². The summed E-state index contributed by atoms with van der Waals surface area (Å²) in [4.78, 5) is 17.2. The summed E-state index contributed by atoms with van der Waals surface area (Å²) in [7, 11) is -3.31. The number of hydrogen-bond donors (Lipinski definition) is 1. The molecular weight excluding hydrogens is 457 g/mol. The number of rotatable bonds is 6. The summed E-state index contributed by atoms with van der Waals surface area (Å²) in [6.07, 6.45) is 3.50. The standard InChI is InChI=1S/C18H16Cl3N5O2S/c1-29(27,28)14-7-5-12(6-8-14)15-24-16(18(19,20)21)26-17(25-15)23-11-9-13-4-2-3-10-22-13/h2-8,10H,9,11H2,1H3,(H,23,24,25,26). The molecule has 7 nitrogen and oxygen atoms in total. The van der Waals surface area contributed by atoms with Gasteiger partial charge in [-0.1, -0.05) is 40.9 Å². The third kappa shape index (κ3) is 5.99. The number of nitrogens with one attached hydrogen (secondary N) is 1. The minimum Gasteiger partial charge on any atom is -0.354 e. The Hall–Kier alpha value is -2.00. The first-order chi connectivity index (χ1) is 13.6. The highest BCUT2D eigenvalue weighted by Gasteiger charge is 2.28. The summed E-state index contributed by atoms with van der Waals surface area (Å²) in [5.41, 5.74) is 1.47. The van der Waals surface area contributed by atoms with E-state index in [0.29, 0.717) is 18.5 Å². The fourth-order valence-electron chi connectivity index (χ4n) is 2.41. The highest BCUT2D eigenvalue weighted by Crippen LogP contribution is 2.36. The van der Waals surface area contributed by atoms with Crippen molar-refractivity contribution in [3.63, 3.8) is 0 Å². The van der Waals surface area contributed by atoms with Crippen molar-refractivity contribution in [2.75, 3.05) is 18.1 Å². The molecule has 0 atom stereocenters. The van der Waals surface area contributed by atoms with Crippen LogP contribution in [0.2, 0.25) is 0 Å². The Kier molecular flexibility index (Phi) is 6.58. The van der Waals surface area contributed by atoms with Crippen molar-refractivity contribution in [2.45, 2.75) is 15.1 Å². The van der Waals surface area contributed by atoms with Gasteiger partial charge in [-0.25, -0.2) is 13.4 Å². The molecule has 0 radical (unpaired) electrons. The molecule has 0 spiro atoms. The lowest BCUT2D eigenvalue weighted by atomic mass is 10.2. The lowest BCUT2D eigenvalue weighted by Gasteiger charge is -2.13. The highest BCUT2D eigenvalue weighted by atomic mass is 35.6. The molecule has 0 unspecified atom stereocenters. The zero-order valence-corrected chi connectivity index (χ0v) is 18.3. The van der Waals surface area contributed by atoms with Crippen molar-refractivity contribution in [3.05, 3.63) is 60.2 Å². The number of pyridine rings is 1. The Morgan fingerprint density at radius 2 is 1.72 bits per heavy atom. The molecule has 11 heteroatoms. The molecule has 0 aliphatic rings. The minimum absolute atomic E-state index is 0.0416. The summed E-state index contributed by atoms with van der Waals surface area (Å²) in [5.74, 6) is 0.446. The predicted octanol–water partition coefficient (Wildman–Crippen LogP) is 3.82. The van der Waals surface area contributed by atoms with Crippen LogP contribution < -0.4 is 5.32 Å². The van der Waals surface area contributed by atoms with E-state index in [1.165, 1.54) is 12.1 Å². The normalized spacial score (nSPS) is 12.0. The van der Waals surface area contributed by atoms with Crippen molar-refractivity contribution < 1.29 is 8.42 Å². The molecular formula is C18H16Cl3N5O2S. The van der Waals surface area contributed by atoms with E-state index in [-0.39, 0.29) is 22.5 Å². The summed E-state index contributed by atoms with van der Waals surface area (Å²) < 4.78 is 21.4. The van der Waals surface area contributed by atoms with Crippen molar-refractivity contribution in [1.29, 1.82) is 0 Å². The van der Waals surface area contributed by atoms with Crippen molar-refractivity contribution >= 4 is 50.6 Å². The first kappa shape index (κ1) is 21.7. The van der Waals surface area contributed by atoms with Crippen LogP contribution in [-0.4, -0.2) is 41.2 Å². The van der Waals surface area contributed by atoms with Gasteiger partial charge in [0.2, 0.25) is 9.74 Å². The average molecular weight is 473 g/mol. The monoisotopic (exact) mass is 471 g/mol. The van der Waals surface area contributed by atoms with E-state index >= 15 is 0 Å². The van der Waals surface area contributed by atoms with Gasteiger partial charge in [0, 0.05) is 36.7 Å². The Morgan fingerprint density at radius 3 is 2.31 bits per heavy atom. The lowest BCUT2D eigenvalue weighted by Crippen LogP contribution is -2.15. The van der Waals surface area contributed by atoms with Gasteiger partial charge in [0.1, 0.15) is 0 Å². The molecule has 2 aromatic heterocycles. The molecule has 3 rings (SSSR count). The molecule has 0 amide bonds. The number of hydrogen-bond acceptors (Lipinski definition) is 7. The SMILES string of the molecule is CS(=O)(=O)c1ccc(-c2nc(NCCc3ccccn3)nc(C(Cl)(Cl)Cl)n2)cc1. The predicted molar refractivity (Wildman–Crippen MR) is 114 cm³/mol. The number of sulfone groups is 1. The zero-order valence-electron chi connectivity index (χ0n) is 15.2. The largest absolute Gasteiger partial charge is 0.354 e. The minimum atomic E-state index is -3.31. The number of benzene rings is 1. The molecule has 0 saturated heterocycles. The third-order valence-electron chi connectivity index (χ3n) is 3.82. The molecule has 2 heterocycles. The molecule has 3 aromatic rings. The van der Waals surface area contributed by atoms with Crippen LogP contribution in [-0.2, 0) is 20.1 Å². The molecule has 1 aromatic carbocycles. The quantitative estimate of drug-likeness (QED) is 0.545. The fourth-order valence-corrected chi connectivity index (χ4v) is 3.29. The van der Waals surface area contributed by atoms with Gasteiger partial charge in [-0.2, -0.15) is 9.97 Å². The highest BCUT2D eigenvalue weighted by molar-refractivity contribution is 7.90. The second-order valence-electron chi connectivity index (χ2n) is 6.10. The zero-order chi connectivity index (χ0) is 21.1. The van der Waals surface area contributed by atoms with Crippen LogP contribution >= 0.6 is 34.8 Å². The topological polar surface area (TPSA) is 97.7 Å². The Morgan fingerprint density at radius 1 is 1.00 bits per heavy atom. The average Bonchev–Trinajstić information content (AvgIpc) is 2.67.